The summed E-state index contributed by atoms with van der Waals surface area (Å²) in [5.41, 5.74) is 3.15. The Morgan fingerprint density at radius 3 is 2.86 bits per heavy atom. The first-order valence-corrected chi connectivity index (χ1v) is 6.79. The van der Waals surface area contributed by atoms with Gasteiger partial charge in [-0.2, -0.15) is 0 Å². The van der Waals surface area contributed by atoms with Crippen LogP contribution in [0.3, 0.4) is 0 Å². The molecule has 106 valence electrons. The van der Waals surface area contributed by atoms with Crippen LogP contribution in [0.4, 0.5) is 5.69 Å². The normalized spacial score (nSPS) is 10.7. The number of furan rings is 1. The van der Waals surface area contributed by atoms with Crippen molar-refractivity contribution in [3.8, 4) is 0 Å². The van der Waals surface area contributed by atoms with E-state index in [9.17, 15) is 4.79 Å². The Balaban J connectivity index is 1.84. The van der Waals surface area contributed by atoms with Gasteiger partial charge < -0.3 is 15.1 Å². The maximum atomic E-state index is 12.4. The number of anilines is 1. The van der Waals surface area contributed by atoms with E-state index in [1.165, 1.54) is 6.26 Å². The van der Waals surface area contributed by atoms with Crippen molar-refractivity contribution >= 4 is 22.6 Å². The maximum Gasteiger partial charge on any atom is 0.259 e. The summed E-state index contributed by atoms with van der Waals surface area (Å²) >= 11 is 0. The lowest BCUT2D eigenvalue weighted by Gasteiger charge is -2.06. The third-order valence-corrected chi connectivity index (χ3v) is 3.29. The molecule has 3 aromatic rings. The lowest BCUT2D eigenvalue weighted by Crippen LogP contribution is -2.12. The summed E-state index contributed by atoms with van der Waals surface area (Å²) in [6.07, 6.45) is 1.50. The zero-order valence-corrected chi connectivity index (χ0v) is 11.7. The fourth-order valence-corrected chi connectivity index (χ4v) is 2.32. The van der Waals surface area contributed by atoms with Crippen LogP contribution in [0.2, 0.25) is 0 Å². The van der Waals surface area contributed by atoms with E-state index in [0.29, 0.717) is 11.1 Å². The molecule has 0 radical (unpaired) electrons. The molecule has 2 aromatic carbocycles. The van der Waals surface area contributed by atoms with Crippen molar-refractivity contribution in [1.29, 1.82) is 0 Å². The average Bonchev–Trinajstić information content (AvgIpc) is 2.92. The minimum absolute atomic E-state index is 0.165. The number of rotatable bonds is 4. The molecule has 2 N–H and O–H groups in total. The van der Waals surface area contributed by atoms with Crippen molar-refractivity contribution in [2.75, 3.05) is 12.4 Å². The molecule has 0 unspecified atom stereocenters. The van der Waals surface area contributed by atoms with Crippen LogP contribution < -0.4 is 10.6 Å². The quantitative estimate of drug-likeness (QED) is 0.770. The second kappa shape index (κ2) is 5.81. The molecule has 21 heavy (non-hydrogen) atoms. The molecule has 3 rings (SSSR count). The monoisotopic (exact) mass is 280 g/mol. The lowest BCUT2D eigenvalue weighted by molar-refractivity contribution is 0.102. The minimum atomic E-state index is -0.165. The third kappa shape index (κ3) is 2.80. The topological polar surface area (TPSA) is 54.3 Å². The number of para-hydroxylation sites is 1. The summed E-state index contributed by atoms with van der Waals surface area (Å²) in [6, 6.07) is 15.3. The Labute approximate surface area is 122 Å². The highest BCUT2D eigenvalue weighted by Gasteiger charge is 2.13. The molecular formula is C17H16N2O2. The molecule has 0 atom stereocenters. The first kappa shape index (κ1) is 13.4. The fraction of sp³-hybridized carbons (Fsp3) is 0.118. The van der Waals surface area contributed by atoms with E-state index >= 15 is 0 Å². The van der Waals surface area contributed by atoms with Gasteiger partial charge in [-0.05, 0) is 30.8 Å². The number of amides is 1. The molecule has 0 aliphatic rings. The van der Waals surface area contributed by atoms with Gasteiger partial charge in [-0.1, -0.05) is 30.3 Å². The molecule has 0 fully saturated rings. The summed E-state index contributed by atoms with van der Waals surface area (Å²) in [6.45, 7) is 0.762. The van der Waals surface area contributed by atoms with Crippen LogP contribution in [0, 0.1) is 0 Å². The summed E-state index contributed by atoms with van der Waals surface area (Å²) in [5, 5.41) is 6.82. The molecule has 0 saturated carbocycles. The number of carbonyl (C=O) groups excluding carboxylic acids is 1. The highest BCUT2D eigenvalue weighted by atomic mass is 16.3. The molecule has 4 nitrogen and oxygen atoms in total. The number of hydrogen-bond acceptors (Lipinski definition) is 3. The van der Waals surface area contributed by atoms with Crippen LogP contribution in [0.5, 0.6) is 0 Å². The molecule has 0 saturated heterocycles. The summed E-state index contributed by atoms with van der Waals surface area (Å²) in [4.78, 5) is 12.4. The number of fused-ring (bicyclic) bond motifs is 1. The van der Waals surface area contributed by atoms with Gasteiger partial charge in [-0.25, -0.2) is 0 Å². The molecule has 0 bridgehead atoms. The van der Waals surface area contributed by atoms with Gasteiger partial charge in [0.2, 0.25) is 0 Å². The van der Waals surface area contributed by atoms with Crippen LogP contribution in [0.1, 0.15) is 15.9 Å². The lowest BCUT2D eigenvalue weighted by atomic mass is 10.1. The van der Waals surface area contributed by atoms with Crippen molar-refractivity contribution in [2.45, 2.75) is 6.54 Å². The summed E-state index contributed by atoms with van der Waals surface area (Å²) < 4.78 is 5.40. The van der Waals surface area contributed by atoms with E-state index in [-0.39, 0.29) is 5.91 Å². The largest absolute Gasteiger partial charge is 0.463 e. The molecule has 1 amide bonds. The van der Waals surface area contributed by atoms with Crippen molar-refractivity contribution in [3.05, 3.63) is 65.9 Å². The van der Waals surface area contributed by atoms with Gasteiger partial charge in [0, 0.05) is 17.6 Å². The van der Waals surface area contributed by atoms with E-state index in [1.54, 1.807) is 0 Å². The van der Waals surface area contributed by atoms with Gasteiger partial charge in [-0.3, -0.25) is 4.79 Å². The zero-order valence-electron chi connectivity index (χ0n) is 11.7. The Morgan fingerprint density at radius 2 is 2.00 bits per heavy atom. The Morgan fingerprint density at radius 1 is 1.14 bits per heavy atom. The number of nitrogens with one attached hydrogen (secondary N) is 2. The minimum Gasteiger partial charge on any atom is -0.463 e. The van der Waals surface area contributed by atoms with Gasteiger partial charge in [0.1, 0.15) is 11.8 Å². The summed E-state index contributed by atoms with van der Waals surface area (Å²) in [5.74, 6) is -0.165. The van der Waals surface area contributed by atoms with Crippen LogP contribution in [-0.2, 0) is 6.54 Å². The average molecular weight is 280 g/mol. The standard InChI is InChI=1S/C17H16N2O2/c1-18-10-12-5-4-6-13(9-12)19-17(20)15-11-21-16-8-3-2-7-14(15)16/h2-9,11,18H,10H2,1H3,(H,19,20). The van der Waals surface area contributed by atoms with E-state index in [4.69, 9.17) is 4.42 Å². The highest BCUT2D eigenvalue weighted by molar-refractivity contribution is 6.12. The number of benzene rings is 2. The molecule has 0 aliphatic heterocycles. The van der Waals surface area contributed by atoms with Crippen LogP contribution in [0.15, 0.2) is 59.2 Å². The van der Waals surface area contributed by atoms with Gasteiger partial charge >= 0.3 is 0 Å². The predicted octanol–water partition coefficient (Wildman–Crippen LogP) is 3.40. The molecule has 0 aliphatic carbocycles. The van der Waals surface area contributed by atoms with Crippen molar-refractivity contribution < 1.29 is 9.21 Å². The predicted molar refractivity (Wildman–Crippen MR) is 83.4 cm³/mol. The second-order valence-corrected chi connectivity index (χ2v) is 4.83. The zero-order chi connectivity index (χ0) is 14.7. The fourth-order valence-electron chi connectivity index (χ4n) is 2.32. The van der Waals surface area contributed by atoms with Gasteiger partial charge in [-0.15, -0.1) is 0 Å². The molecular weight excluding hydrogens is 264 g/mol. The highest BCUT2D eigenvalue weighted by Crippen LogP contribution is 2.22. The van der Waals surface area contributed by atoms with Crippen molar-refractivity contribution in [2.24, 2.45) is 0 Å². The number of hydrogen-bond donors (Lipinski definition) is 2. The maximum absolute atomic E-state index is 12.4. The SMILES string of the molecule is CNCc1cccc(NC(=O)c2coc3ccccc23)c1. The Kier molecular flexibility index (Phi) is 3.71. The molecule has 1 aromatic heterocycles. The smallest absolute Gasteiger partial charge is 0.259 e. The third-order valence-electron chi connectivity index (χ3n) is 3.29. The molecule has 0 spiro atoms. The summed E-state index contributed by atoms with van der Waals surface area (Å²) in [7, 11) is 1.89. The van der Waals surface area contributed by atoms with Gasteiger partial charge in [0.05, 0.1) is 5.56 Å². The van der Waals surface area contributed by atoms with Gasteiger partial charge in [0.15, 0.2) is 0 Å². The van der Waals surface area contributed by atoms with E-state index in [1.807, 2.05) is 55.6 Å². The Hall–Kier alpha value is -2.59. The van der Waals surface area contributed by atoms with Crippen molar-refractivity contribution in [1.82, 2.24) is 5.32 Å². The van der Waals surface area contributed by atoms with Gasteiger partial charge in [0.25, 0.3) is 5.91 Å². The number of carbonyl (C=O) groups is 1. The van der Waals surface area contributed by atoms with E-state index in [0.717, 1.165) is 23.2 Å². The molecule has 4 heteroatoms. The van der Waals surface area contributed by atoms with E-state index in [2.05, 4.69) is 10.6 Å². The van der Waals surface area contributed by atoms with Crippen LogP contribution in [0.25, 0.3) is 11.0 Å². The first-order valence-electron chi connectivity index (χ1n) is 6.79. The van der Waals surface area contributed by atoms with Crippen LogP contribution >= 0.6 is 0 Å². The molecule has 1 heterocycles. The Bertz CT molecular complexity index is 777. The van der Waals surface area contributed by atoms with Crippen molar-refractivity contribution in [3.63, 3.8) is 0 Å². The van der Waals surface area contributed by atoms with Crippen LogP contribution in [-0.4, -0.2) is 13.0 Å². The second-order valence-electron chi connectivity index (χ2n) is 4.83. The van der Waals surface area contributed by atoms with E-state index < -0.39 is 0 Å². The first-order chi connectivity index (χ1) is 10.3.